The zero-order chi connectivity index (χ0) is 14.5. The van der Waals surface area contributed by atoms with Gasteiger partial charge in [-0.05, 0) is 37.5 Å². The van der Waals surface area contributed by atoms with Crippen molar-refractivity contribution < 1.29 is 9.84 Å². The summed E-state index contributed by atoms with van der Waals surface area (Å²) >= 11 is 0. The molecule has 108 valence electrons. The number of rotatable bonds is 7. The molecule has 0 aliphatic rings. The Hall–Kier alpha value is -1.06. The number of aliphatic hydroxyl groups is 1. The lowest BCUT2D eigenvalue weighted by Gasteiger charge is -2.31. The summed E-state index contributed by atoms with van der Waals surface area (Å²) < 4.78 is 5.15. The summed E-state index contributed by atoms with van der Waals surface area (Å²) in [5.41, 5.74) is 0.524. The van der Waals surface area contributed by atoms with E-state index in [2.05, 4.69) is 38.2 Å². The largest absolute Gasteiger partial charge is 0.497 e. The zero-order valence-corrected chi connectivity index (χ0v) is 12.7. The third kappa shape index (κ3) is 4.51. The molecule has 2 N–H and O–H groups in total. The first kappa shape index (κ1) is 16.0. The average Bonchev–Trinajstić information content (AvgIpc) is 2.43. The quantitative estimate of drug-likeness (QED) is 0.796. The van der Waals surface area contributed by atoms with Gasteiger partial charge in [-0.2, -0.15) is 0 Å². The zero-order valence-electron chi connectivity index (χ0n) is 12.7. The Morgan fingerprint density at radius 1 is 1.26 bits per heavy atom. The predicted molar refractivity (Wildman–Crippen MR) is 79.5 cm³/mol. The highest BCUT2D eigenvalue weighted by Crippen LogP contribution is 2.21. The maximum Gasteiger partial charge on any atom is 0.118 e. The molecule has 3 atom stereocenters. The van der Waals surface area contributed by atoms with Crippen molar-refractivity contribution in [1.29, 1.82) is 0 Å². The van der Waals surface area contributed by atoms with Crippen molar-refractivity contribution in [3.63, 3.8) is 0 Å². The van der Waals surface area contributed by atoms with E-state index in [1.54, 1.807) is 7.11 Å². The standard InChI is InChI=1S/C16H27NO2/c1-6-12(2)16(4,18)11-17-13(3)14-7-9-15(19-5)10-8-14/h7-10,12-13,17-18H,6,11H2,1-5H3. The fourth-order valence-electron chi connectivity index (χ4n) is 1.98. The van der Waals surface area contributed by atoms with Gasteiger partial charge >= 0.3 is 0 Å². The highest BCUT2D eigenvalue weighted by molar-refractivity contribution is 5.28. The number of ether oxygens (including phenoxy) is 1. The van der Waals surface area contributed by atoms with Crippen molar-refractivity contribution in [3.05, 3.63) is 29.8 Å². The summed E-state index contributed by atoms with van der Waals surface area (Å²) in [6, 6.07) is 8.23. The molecule has 3 heteroatoms. The van der Waals surface area contributed by atoms with Crippen molar-refractivity contribution in [2.45, 2.75) is 45.8 Å². The van der Waals surface area contributed by atoms with Gasteiger partial charge in [-0.3, -0.25) is 0 Å². The van der Waals surface area contributed by atoms with E-state index < -0.39 is 5.60 Å². The Kier molecular flexibility index (Phi) is 5.83. The molecule has 0 aliphatic heterocycles. The van der Waals surface area contributed by atoms with Gasteiger partial charge < -0.3 is 15.2 Å². The molecule has 0 saturated carbocycles. The van der Waals surface area contributed by atoms with Crippen molar-refractivity contribution in [1.82, 2.24) is 5.32 Å². The first-order chi connectivity index (χ1) is 8.90. The van der Waals surface area contributed by atoms with Crippen molar-refractivity contribution >= 4 is 0 Å². The Morgan fingerprint density at radius 3 is 2.32 bits per heavy atom. The van der Waals surface area contributed by atoms with Crippen LogP contribution in [0.4, 0.5) is 0 Å². The monoisotopic (exact) mass is 265 g/mol. The number of hydrogen-bond acceptors (Lipinski definition) is 3. The van der Waals surface area contributed by atoms with Crippen LogP contribution in [0.25, 0.3) is 0 Å². The third-order valence-electron chi connectivity index (χ3n) is 4.06. The molecule has 0 aliphatic carbocycles. The van der Waals surface area contributed by atoms with Gasteiger partial charge in [0.15, 0.2) is 0 Å². The van der Waals surface area contributed by atoms with Crippen LogP contribution in [0.15, 0.2) is 24.3 Å². The molecular formula is C16H27NO2. The molecule has 0 spiro atoms. The van der Waals surface area contributed by atoms with E-state index in [1.807, 2.05) is 19.1 Å². The minimum Gasteiger partial charge on any atom is -0.497 e. The minimum atomic E-state index is -0.671. The molecule has 3 unspecified atom stereocenters. The van der Waals surface area contributed by atoms with E-state index in [0.29, 0.717) is 6.54 Å². The maximum atomic E-state index is 10.4. The average molecular weight is 265 g/mol. The van der Waals surface area contributed by atoms with Gasteiger partial charge in [-0.1, -0.05) is 32.4 Å². The molecule has 0 radical (unpaired) electrons. The van der Waals surface area contributed by atoms with Crippen molar-refractivity contribution in [2.75, 3.05) is 13.7 Å². The van der Waals surface area contributed by atoms with E-state index >= 15 is 0 Å². The van der Waals surface area contributed by atoms with Gasteiger partial charge in [0.1, 0.15) is 5.75 Å². The number of methoxy groups -OCH3 is 1. The topological polar surface area (TPSA) is 41.5 Å². The van der Waals surface area contributed by atoms with E-state index in [9.17, 15) is 5.11 Å². The highest BCUT2D eigenvalue weighted by atomic mass is 16.5. The van der Waals surface area contributed by atoms with Crippen molar-refractivity contribution in [3.8, 4) is 5.75 Å². The minimum absolute atomic E-state index is 0.210. The number of nitrogens with one attached hydrogen (secondary N) is 1. The molecule has 19 heavy (non-hydrogen) atoms. The number of hydrogen-bond donors (Lipinski definition) is 2. The molecule has 1 aromatic carbocycles. The second kappa shape index (κ2) is 6.92. The summed E-state index contributed by atoms with van der Waals surface area (Å²) in [6.07, 6.45) is 0.978. The highest BCUT2D eigenvalue weighted by Gasteiger charge is 2.27. The Balaban J connectivity index is 2.57. The van der Waals surface area contributed by atoms with E-state index in [4.69, 9.17) is 4.74 Å². The predicted octanol–water partition coefficient (Wildman–Crippen LogP) is 3.14. The lowest BCUT2D eigenvalue weighted by atomic mass is 9.88. The van der Waals surface area contributed by atoms with Crippen LogP contribution >= 0.6 is 0 Å². The van der Waals surface area contributed by atoms with Gasteiger partial charge in [-0.15, -0.1) is 0 Å². The van der Waals surface area contributed by atoms with E-state index in [0.717, 1.165) is 12.2 Å². The van der Waals surface area contributed by atoms with E-state index in [-0.39, 0.29) is 12.0 Å². The molecule has 1 aromatic rings. The van der Waals surface area contributed by atoms with Gasteiger partial charge in [0.05, 0.1) is 12.7 Å². The Labute approximate surface area is 117 Å². The second-order valence-corrected chi connectivity index (χ2v) is 5.54. The van der Waals surface area contributed by atoms with Crippen LogP contribution in [0.2, 0.25) is 0 Å². The van der Waals surface area contributed by atoms with Crippen LogP contribution in [-0.4, -0.2) is 24.4 Å². The molecule has 0 aromatic heterocycles. The molecule has 0 amide bonds. The van der Waals surface area contributed by atoms with Gasteiger partial charge in [-0.25, -0.2) is 0 Å². The lowest BCUT2D eigenvalue weighted by Crippen LogP contribution is -2.43. The SMILES string of the molecule is CCC(C)C(C)(O)CNC(C)c1ccc(OC)cc1. The molecule has 0 bridgehead atoms. The summed E-state index contributed by atoms with van der Waals surface area (Å²) in [5.74, 6) is 1.14. The van der Waals surface area contributed by atoms with Gasteiger partial charge in [0.25, 0.3) is 0 Å². The van der Waals surface area contributed by atoms with Crippen LogP contribution in [-0.2, 0) is 0 Å². The fourth-order valence-corrected chi connectivity index (χ4v) is 1.98. The van der Waals surface area contributed by atoms with E-state index in [1.165, 1.54) is 5.56 Å². The first-order valence-electron chi connectivity index (χ1n) is 7.00. The number of benzene rings is 1. The van der Waals surface area contributed by atoms with Crippen molar-refractivity contribution in [2.24, 2.45) is 5.92 Å². The fraction of sp³-hybridized carbons (Fsp3) is 0.625. The Bertz CT molecular complexity index is 373. The normalized spacial score (nSPS) is 17.6. The summed E-state index contributed by atoms with van der Waals surface area (Å²) in [6.45, 7) is 8.78. The molecule has 0 saturated heterocycles. The first-order valence-corrected chi connectivity index (χ1v) is 7.00. The second-order valence-electron chi connectivity index (χ2n) is 5.54. The van der Waals surface area contributed by atoms with Crippen LogP contribution in [0.1, 0.15) is 45.7 Å². The summed E-state index contributed by atoms with van der Waals surface area (Å²) in [5, 5.41) is 13.8. The van der Waals surface area contributed by atoms with Crippen LogP contribution in [0, 0.1) is 5.92 Å². The summed E-state index contributed by atoms with van der Waals surface area (Å²) in [7, 11) is 1.67. The molecular weight excluding hydrogens is 238 g/mol. The van der Waals surface area contributed by atoms with Crippen LogP contribution < -0.4 is 10.1 Å². The summed E-state index contributed by atoms with van der Waals surface area (Å²) in [4.78, 5) is 0. The molecule has 0 fully saturated rings. The van der Waals surface area contributed by atoms with Crippen LogP contribution in [0.3, 0.4) is 0 Å². The van der Waals surface area contributed by atoms with Gasteiger partial charge in [0, 0.05) is 12.6 Å². The third-order valence-corrected chi connectivity index (χ3v) is 4.06. The smallest absolute Gasteiger partial charge is 0.118 e. The maximum absolute atomic E-state index is 10.4. The molecule has 1 rings (SSSR count). The molecule has 3 nitrogen and oxygen atoms in total. The van der Waals surface area contributed by atoms with Gasteiger partial charge in [0.2, 0.25) is 0 Å². The lowest BCUT2D eigenvalue weighted by molar-refractivity contribution is 0.00365. The Morgan fingerprint density at radius 2 is 1.84 bits per heavy atom. The van der Waals surface area contributed by atoms with Crippen LogP contribution in [0.5, 0.6) is 5.75 Å². The molecule has 0 heterocycles.